The van der Waals surface area contributed by atoms with Crippen LogP contribution in [0.25, 0.3) is 6.08 Å². The van der Waals surface area contributed by atoms with Crippen molar-refractivity contribution in [2.75, 3.05) is 11.9 Å². The Kier molecular flexibility index (Phi) is 7.61. The second-order valence-corrected chi connectivity index (χ2v) is 7.76. The number of carbonyl (C=O) groups excluding carboxylic acids is 1. The van der Waals surface area contributed by atoms with E-state index in [1.54, 1.807) is 24.3 Å². The van der Waals surface area contributed by atoms with Gasteiger partial charge in [0.2, 0.25) is 0 Å². The van der Waals surface area contributed by atoms with Gasteiger partial charge in [-0.15, -0.1) is 0 Å². The molecule has 0 fully saturated rings. The molecule has 0 heterocycles. The molecule has 6 nitrogen and oxygen atoms in total. The first-order valence-corrected chi connectivity index (χ1v) is 9.80. The van der Waals surface area contributed by atoms with Gasteiger partial charge in [-0.2, -0.15) is 5.26 Å². The van der Waals surface area contributed by atoms with Gasteiger partial charge in [0.1, 0.15) is 17.4 Å². The number of aryl methyl sites for hydroxylation is 1. The van der Waals surface area contributed by atoms with Gasteiger partial charge in [-0.1, -0.05) is 18.2 Å². The van der Waals surface area contributed by atoms with E-state index in [2.05, 4.69) is 5.32 Å². The summed E-state index contributed by atoms with van der Waals surface area (Å²) in [5.74, 6) is -1.10. The van der Waals surface area contributed by atoms with E-state index in [0.29, 0.717) is 24.1 Å². The number of aliphatic carboxylic acids is 1. The Labute approximate surface area is 183 Å². The molecule has 0 radical (unpaired) electrons. The third-order valence-electron chi connectivity index (χ3n) is 3.43. The Morgan fingerprint density at radius 1 is 1.26 bits per heavy atom. The van der Waals surface area contributed by atoms with E-state index in [-0.39, 0.29) is 5.57 Å². The molecular formula is C19H14I2N2O4. The van der Waals surface area contributed by atoms with Crippen molar-refractivity contribution in [1.29, 1.82) is 5.26 Å². The summed E-state index contributed by atoms with van der Waals surface area (Å²) in [5.41, 5.74) is 2.14. The molecule has 0 spiro atoms. The SMILES string of the molecule is Cc1ccccc1NC(=O)/C(C#N)=C\c1cc(I)c(OCC(=O)O)c(I)c1. The number of nitriles is 1. The number of nitrogens with one attached hydrogen (secondary N) is 1. The number of benzene rings is 2. The monoisotopic (exact) mass is 588 g/mol. The topological polar surface area (TPSA) is 99.4 Å². The minimum Gasteiger partial charge on any atom is -0.480 e. The lowest BCUT2D eigenvalue weighted by Gasteiger charge is -2.10. The number of carboxylic acid groups (broad SMARTS) is 1. The van der Waals surface area contributed by atoms with E-state index in [0.717, 1.165) is 5.56 Å². The molecule has 2 rings (SSSR count). The molecule has 0 saturated heterocycles. The van der Waals surface area contributed by atoms with Crippen LogP contribution in [0.1, 0.15) is 11.1 Å². The van der Waals surface area contributed by atoms with Crippen LogP contribution in [0.4, 0.5) is 5.69 Å². The van der Waals surface area contributed by atoms with Gasteiger partial charge >= 0.3 is 5.97 Å². The van der Waals surface area contributed by atoms with Crippen LogP contribution >= 0.6 is 45.2 Å². The average Bonchev–Trinajstić information content (AvgIpc) is 2.60. The fraction of sp³-hybridized carbons (Fsp3) is 0.105. The van der Waals surface area contributed by atoms with Crippen LogP contribution < -0.4 is 10.1 Å². The lowest BCUT2D eigenvalue weighted by molar-refractivity contribution is -0.139. The molecular weight excluding hydrogens is 574 g/mol. The summed E-state index contributed by atoms with van der Waals surface area (Å²) in [4.78, 5) is 23.1. The van der Waals surface area contributed by atoms with Crippen LogP contribution in [-0.4, -0.2) is 23.6 Å². The second kappa shape index (κ2) is 9.70. The third kappa shape index (κ3) is 5.93. The Morgan fingerprint density at radius 3 is 2.44 bits per heavy atom. The van der Waals surface area contributed by atoms with E-state index in [9.17, 15) is 14.9 Å². The van der Waals surface area contributed by atoms with Crippen LogP contribution in [0.5, 0.6) is 5.75 Å². The highest BCUT2D eigenvalue weighted by molar-refractivity contribution is 14.1. The molecule has 1 amide bonds. The molecule has 0 aliphatic carbocycles. The zero-order chi connectivity index (χ0) is 20.0. The molecule has 0 aromatic heterocycles. The van der Waals surface area contributed by atoms with Gasteiger partial charge in [0, 0.05) is 5.69 Å². The van der Waals surface area contributed by atoms with Crippen molar-refractivity contribution in [2.45, 2.75) is 6.92 Å². The minimum absolute atomic E-state index is 0.0379. The number of ether oxygens (including phenoxy) is 1. The number of hydrogen-bond donors (Lipinski definition) is 2. The normalized spacial score (nSPS) is 10.8. The van der Waals surface area contributed by atoms with Crippen molar-refractivity contribution in [3.8, 4) is 11.8 Å². The zero-order valence-electron chi connectivity index (χ0n) is 14.1. The van der Waals surface area contributed by atoms with Crippen molar-refractivity contribution < 1.29 is 19.4 Å². The first kappa shape index (κ1) is 21.2. The molecule has 2 N–H and O–H groups in total. The molecule has 2 aromatic rings. The molecule has 0 unspecified atom stereocenters. The first-order valence-electron chi connectivity index (χ1n) is 7.64. The fourth-order valence-electron chi connectivity index (χ4n) is 2.15. The van der Waals surface area contributed by atoms with Gasteiger partial charge in [0.15, 0.2) is 6.61 Å². The number of carboxylic acids is 1. The minimum atomic E-state index is -1.06. The van der Waals surface area contributed by atoms with Crippen molar-refractivity contribution in [3.63, 3.8) is 0 Å². The number of halogens is 2. The number of nitrogens with zero attached hydrogens (tertiary/aromatic N) is 1. The number of anilines is 1. The molecule has 27 heavy (non-hydrogen) atoms. The molecule has 0 bridgehead atoms. The molecule has 0 aliphatic rings. The number of carbonyl (C=O) groups is 2. The van der Waals surface area contributed by atoms with Crippen LogP contribution in [0.15, 0.2) is 42.0 Å². The summed E-state index contributed by atoms with van der Waals surface area (Å²) < 4.78 is 6.64. The molecule has 0 aliphatic heterocycles. The Balaban J connectivity index is 2.27. The van der Waals surface area contributed by atoms with Gasteiger partial charge in [-0.25, -0.2) is 4.79 Å². The second-order valence-electron chi connectivity index (χ2n) is 5.43. The zero-order valence-corrected chi connectivity index (χ0v) is 18.4. The van der Waals surface area contributed by atoms with E-state index in [4.69, 9.17) is 9.84 Å². The van der Waals surface area contributed by atoms with Crippen molar-refractivity contribution in [2.24, 2.45) is 0 Å². The smallest absolute Gasteiger partial charge is 0.341 e. The summed E-state index contributed by atoms with van der Waals surface area (Å²) in [7, 11) is 0. The van der Waals surface area contributed by atoms with Crippen LogP contribution in [0.2, 0.25) is 0 Å². The largest absolute Gasteiger partial charge is 0.480 e. The van der Waals surface area contributed by atoms with E-state index in [1.165, 1.54) is 6.08 Å². The molecule has 2 aromatic carbocycles. The number of para-hydroxylation sites is 1. The van der Waals surface area contributed by atoms with Gasteiger partial charge in [-0.05, 0) is 87.5 Å². The standard InChI is InChI=1S/C19H14I2N2O4/c1-11-4-2-3-5-16(11)23-19(26)13(9-22)6-12-7-14(20)18(15(21)8-12)27-10-17(24)25/h2-8H,10H2,1H3,(H,23,26)(H,24,25)/b13-6-. The number of rotatable bonds is 6. The third-order valence-corrected chi connectivity index (χ3v) is 5.03. The predicted molar refractivity (Wildman–Crippen MR) is 118 cm³/mol. The summed E-state index contributed by atoms with van der Waals surface area (Å²) >= 11 is 4.04. The number of hydrogen-bond acceptors (Lipinski definition) is 4. The molecule has 0 saturated carbocycles. The highest BCUT2D eigenvalue weighted by Gasteiger charge is 2.13. The maximum Gasteiger partial charge on any atom is 0.341 e. The fourth-order valence-corrected chi connectivity index (χ4v) is 4.28. The molecule has 8 heteroatoms. The van der Waals surface area contributed by atoms with Crippen molar-refractivity contribution in [1.82, 2.24) is 0 Å². The molecule has 0 atom stereocenters. The highest BCUT2D eigenvalue weighted by atomic mass is 127. The molecule has 138 valence electrons. The summed E-state index contributed by atoms with van der Waals surface area (Å²) in [5, 5.41) is 20.8. The Bertz CT molecular complexity index is 941. The maximum absolute atomic E-state index is 12.4. The van der Waals surface area contributed by atoms with Crippen molar-refractivity contribution in [3.05, 3.63) is 60.2 Å². The van der Waals surface area contributed by atoms with Gasteiger partial charge in [-0.3, -0.25) is 4.79 Å². The van der Waals surface area contributed by atoms with Crippen LogP contribution in [0.3, 0.4) is 0 Å². The van der Waals surface area contributed by atoms with Crippen LogP contribution in [0, 0.1) is 25.4 Å². The lowest BCUT2D eigenvalue weighted by Crippen LogP contribution is -2.14. The quantitative estimate of drug-likeness (QED) is 0.300. The number of amides is 1. The Hall–Kier alpha value is -2.13. The summed E-state index contributed by atoms with van der Waals surface area (Å²) in [6.45, 7) is 1.43. The van der Waals surface area contributed by atoms with Crippen molar-refractivity contribution >= 4 is 68.8 Å². The van der Waals surface area contributed by atoms with Gasteiger partial charge < -0.3 is 15.2 Å². The van der Waals surface area contributed by atoms with Gasteiger partial charge in [0.25, 0.3) is 5.91 Å². The maximum atomic E-state index is 12.4. The lowest BCUT2D eigenvalue weighted by atomic mass is 10.1. The summed E-state index contributed by atoms with van der Waals surface area (Å²) in [6.07, 6.45) is 1.49. The summed E-state index contributed by atoms with van der Waals surface area (Å²) in [6, 6.07) is 12.7. The van der Waals surface area contributed by atoms with E-state index >= 15 is 0 Å². The van der Waals surface area contributed by atoms with E-state index in [1.807, 2.05) is 70.3 Å². The van der Waals surface area contributed by atoms with Crippen LogP contribution in [-0.2, 0) is 9.59 Å². The first-order chi connectivity index (χ1) is 12.8. The average molecular weight is 588 g/mol. The van der Waals surface area contributed by atoms with Gasteiger partial charge in [0.05, 0.1) is 7.14 Å². The van der Waals surface area contributed by atoms with E-state index < -0.39 is 18.5 Å². The highest BCUT2D eigenvalue weighted by Crippen LogP contribution is 2.30. The Morgan fingerprint density at radius 2 is 1.89 bits per heavy atom. The predicted octanol–water partition coefficient (Wildman–Crippen LogP) is 4.21.